The van der Waals surface area contributed by atoms with E-state index in [4.69, 9.17) is 4.98 Å². The van der Waals surface area contributed by atoms with Gasteiger partial charge in [-0.05, 0) is 62.9 Å². The zero-order valence-electron chi connectivity index (χ0n) is 11.3. The fraction of sp³-hybridized carbons (Fsp3) is 0.471. The SMILES string of the molecule is c1ccc2nc(CC34CCN(CC3)CC4)ccc2c1. The summed E-state index contributed by atoms with van der Waals surface area (Å²) in [6.45, 7) is 3.90. The first-order chi connectivity index (χ1) is 9.33. The number of hydrogen-bond donors (Lipinski definition) is 0. The number of pyridine rings is 1. The van der Waals surface area contributed by atoms with E-state index in [9.17, 15) is 0 Å². The standard InChI is InChI=1S/C17H20N2/c1-2-4-16-14(3-1)5-6-15(18-16)13-17-7-10-19(11-8-17)12-9-17/h1-6H,7-13H2. The lowest BCUT2D eigenvalue weighted by molar-refractivity contribution is 0.0259. The molecule has 0 spiro atoms. The Morgan fingerprint density at radius 3 is 2.47 bits per heavy atom. The van der Waals surface area contributed by atoms with Gasteiger partial charge in [-0.2, -0.15) is 0 Å². The zero-order valence-corrected chi connectivity index (χ0v) is 11.3. The van der Waals surface area contributed by atoms with Crippen molar-refractivity contribution in [2.24, 2.45) is 5.41 Å². The van der Waals surface area contributed by atoms with Crippen LogP contribution >= 0.6 is 0 Å². The number of hydrogen-bond acceptors (Lipinski definition) is 2. The van der Waals surface area contributed by atoms with Crippen molar-refractivity contribution in [2.45, 2.75) is 25.7 Å². The summed E-state index contributed by atoms with van der Waals surface area (Å²) in [4.78, 5) is 7.47. The first-order valence-corrected chi connectivity index (χ1v) is 7.40. The van der Waals surface area contributed by atoms with E-state index >= 15 is 0 Å². The number of rotatable bonds is 2. The van der Waals surface area contributed by atoms with Gasteiger partial charge in [-0.15, -0.1) is 0 Å². The first-order valence-electron chi connectivity index (χ1n) is 7.40. The Balaban J connectivity index is 1.64. The van der Waals surface area contributed by atoms with Gasteiger partial charge >= 0.3 is 0 Å². The molecular weight excluding hydrogens is 232 g/mol. The third-order valence-electron chi connectivity index (χ3n) is 5.09. The predicted molar refractivity (Wildman–Crippen MR) is 78.2 cm³/mol. The van der Waals surface area contributed by atoms with E-state index in [0.717, 1.165) is 5.52 Å². The van der Waals surface area contributed by atoms with Crippen LogP contribution < -0.4 is 0 Å². The van der Waals surface area contributed by atoms with Gasteiger partial charge in [0.2, 0.25) is 0 Å². The van der Waals surface area contributed by atoms with Gasteiger partial charge in [0, 0.05) is 11.1 Å². The van der Waals surface area contributed by atoms with Gasteiger partial charge in [-0.3, -0.25) is 4.98 Å². The van der Waals surface area contributed by atoms with E-state index < -0.39 is 0 Å². The Kier molecular flexibility index (Phi) is 2.59. The molecule has 1 aromatic carbocycles. The van der Waals surface area contributed by atoms with Crippen LogP contribution in [0.15, 0.2) is 36.4 Å². The van der Waals surface area contributed by atoms with Gasteiger partial charge in [0.05, 0.1) is 5.52 Å². The Morgan fingerprint density at radius 2 is 1.68 bits per heavy atom. The molecule has 2 bridgehead atoms. The van der Waals surface area contributed by atoms with E-state index in [-0.39, 0.29) is 0 Å². The summed E-state index contributed by atoms with van der Waals surface area (Å²) in [7, 11) is 0. The molecule has 19 heavy (non-hydrogen) atoms. The van der Waals surface area contributed by atoms with Crippen molar-refractivity contribution in [1.82, 2.24) is 9.88 Å². The second-order valence-corrected chi connectivity index (χ2v) is 6.26. The minimum absolute atomic E-state index is 0.546. The number of aromatic nitrogens is 1. The second-order valence-electron chi connectivity index (χ2n) is 6.26. The van der Waals surface area contributed by atoms with Crippen LogP contribution in [0, 0.1) is 5.41 Å². The molecule has 0 aliphatic carbocycles. The summed E-state index contributed by atoms with van der Waals surface area (Å²) < 4.78 is 0. The minimum atomic E-state index is 0.546. The molecular formula is C17H20N2. The molecule has 3 aliphatic heterocycles. The molecule has 0 radical (unpaired) electrons. The first kappa shape index (κ1) is 11.4. The van der Waals surface area contributed by atoms with Gasteiger partial charge in [0.15, 0.2) is 0 Å². The summed E-state index contributed by atoms with van der Waals surface area (Å²) in [5, 5.41) is 1.25. The van der Waals surface area contributed by atoms with Crippen molar-refractivity contribution >= 4 is 10.9 Å². The number of nitrogens with zero attached hydrogens (tertiary/aromatic N) is 2. The lowest BCUT2D eigenvalue weighted by Crippen LogP contribution is -2.49. The Labute approximate surface area is 114 Å². The maximum Gasteiger partial charge on any atom is 0.0705 e. The molecule has 98 valence electrons. The normalized spacial score (nSPS) is 29.8. The van der Waals surface area contributed by atoms with Crippen molar-refractivity contribution in [2.75, 3.05) is 19.6 Å². The molecule has 2 nitrogen and oxygen atoms in total. The molecule has 1 aromatic heterocycles. The quantitative estimate of drug-likeness (QED) is 0.815. The highest BCUT2D eigenvalue weighted by Crippen LogP contribution is 2.42. The van der Waals surface area contributed by atoms with Gasteiger partial charge in [-0.25, -0.2) is 0 Å². The van der Waals surface area contributed by atoms with E-state index in [1.165, 1.54) is 56.4 Å². The van der Waals surface area contributed by atoms with Crippen molar-refractivity contribution in [3.8, 4) is 0 Å². The fourth-order valence-electron chi connectivity index (χ4n) is 3.75. The van der Waals surface area contributed by atoms with Crippen molar-refractivity contribution in [1.29, 1.82) is 0 Å². The third-order valence-corrected chi connectivity index (χ3v) is 5.09. The molecule has 3 saturated heterocycles. The summed E-state index contributed by atoms with van der Waals surface area (Å²) in [5.41, 5.74) is 2.98. The average Bonchev–Trinajstić information content (AvgIpc) is 2.48. The van der Waals surface area contributed by atoms with Crippen LogP contribution in [0.1, 0.15) is 25.0 Å². The van der Waals surface area contributed by atoms with Crippen LogP contribution in [-0.4, -0.2) is 29.5 Å². The number of piperidine rings is 3. The number of fused-ring (bicyclic) bond motifs is 4. The average molecular weight is 252 g/mol. The largest absolute Gasteiger partial charge is 0.303 e. The summed E-state index contributed by atoms with van der Waals surface area (Å²) in [6.07, 6.45) is 5.26. The van der Waals surface area contributed by atoms with Crippen LogP contribution in [0.4, 0.5) is 0 Å². The Morgan fingerprint density at radius 1 is 0.947 bits per heavy atom. The van der Waals surface area contributed by atoms with E-state index in [2.05, 4.69) is 41.3 Å². The van der Waals surface area contributed by atoms with Gasteiger partial charge in [0.1, 0.15) is 0 Å². The molecule has 0 amide bonds. The summed E-state index contributed by atoms with van der Waals surface area (Å²) in [6, 6.07) is 12.9. The van der Waals surface area contributed by atoms with Gasteiger partial charge in [-0.1, -0.05) is 24.3 Å². The minimum Gasteiger partial charge on any atom is -0.303 e. The van der Waals surface area contributed by atoms with E-state index in [0.29, 0.717) is 5.41 Å². The molecule has 4 heterocycles. The molecule has 5 rings (SSSR count). The molecule has 0 unspecified atom stereocenters. The zero-order chi connectivity index (χ0) is 12.7. The monoisotopic (exact) mass is 252 g/mol. The molecule has 0 saturated carbocycles. The highest BCUT2D eigenvalue weighted by atomic mass is 15.1. The van der Waals surface area contributed by atoms with Crippen LogP contribution in [-0.2, 0) is 6.42 Å². The molecule has 2 aromatic rings. The molecule has 2 heteroatoms. The van der Waals surface area contributed by atoms with Crippen LogP contribution in [0.25, 0.3) is 10.9 Å². The lowest BCUT2D eigenvalue weighted by Gasteiger charge is -2.48. The topological polar surface area (TPSA) is 16.1 Å². The smallest absolute Gasteiger partial charge is 0.0705 e. The molecule has 0 atom stereocenters. The van der Waals surface area contributed by atoms with Gasteiger partial charge in [0.25, 0.3) is 0 Å². The lowest BCUT2D eigenvalue weighted by atomic mass is 9.69. The number of para-hydroxylation sites is 1. The maximum absolute atomic E-state index is 4.87. The molecule has 3 fully saturated rings. The molecule has 3 aliphatic rings. The van der Waals surface area contributed by atoms with Crippen molar-refractivity contribution < 1.29 is 0 Å². The summed E-state index contributed by atoms with van der Waals surface area (Å²) in [5.74, 6) is 0. The highest BCUT2D eigenvalue weighted by Gasteiger charge is 2.39. The van der Waals surface area contributed by atoms with Crippen LogP contribution in [0.2, 0.25) is 0 Å². The van der Waals surface area contributed by atoms with E-state index in [1.807, 2.05) is 0 Å². The predicted octanol–water partition coefficient (Wildman–Crippen LogP) is 3.26. The fourth-order valence-corrected chi connectivity index (χ4v) is 3.75. The van der Waals surface area contributed by atoms with Crippen LogP contribution in [0.3, 0.4) is 0 Å². The van der Waals surface area contributed by atoms with Crippen molar-refractivity contribution in [3.63, 3.8) is 0 Å². The third kappa shape index (κ3) is 2.04. The summed E-state index contributed by atoms with van der Waals surface area (Å²) >= 11 is 0. The van der Waals surface area contributed by atoms with Crippen molar-refractivity contribution in [3.05, 3.63) is 42.1 Å². The Bertz CT molecular complexity index is 583. The molecule has 0 N–H and O–H groups in total. The van der Waals surface area contributed by atoms with Crippen LogP contribution in [0.5, 0.6) is 0 Å². The highest BCUT2D eigenvalue weighted by molar-refractivity contribution is 5.78. The maximum atomic E-state index is 4.87. The van der Waals surface area contributed by atoms with Gasteiger partial charge < -0.3 is 4.90 Å². The second kappa shape index (κ2) is 4.31. The number of benzene rings is 1. The Hall–Kier alpha value is -1.41. The van der Waals surface area contributed by atoms with E-state index in [1.54, 1.807) is 0 Å².